The number of phenolic OH excluding ortho intramolecular Hbond substituents is 2. The van der Waals surface area contributed by atoms with E-state index in [1.54, 1.807) is 12.1 Å². The van der Waals surface area contributed by atoms with Crippen LogP contribution in [0.4, 0.5) is 0 Å². The van der Waals surface area contributed by atoms with Gasteiger partial charge in [0.15, 0.2) is 11.5 Å². The number of phenols is 2. The van der Waals surface area contributed by atoms with E-state index in [4.69, 9.17) is 23.2 Å². The first-order valence-electron chi connectivity index (χ1n) is 6.16. The number of hydrogen-bond donors (Lipinski definition) is 3. The van der Waals surface area contributed by atoms with Gasteiger partial charge in [0.1, 0.15) is 0 Å². The van der Waals surface area contributed by atoms with Gasteiger partial charge >= 0.3 is 0 Å². The Hall–Kier alpha value is -1.42. The van der Waals surface area contributed by atoms with Crippen LogP contribution in [0.3, 0.4) is 0 Å². The van der Waals surface area contributed by atoms with E-state index in [0.717, 1.165) is 11.1 Å². The molecule has 20 heavy (non-hydrogen) atoms. The third kappa shape index (κ3) is 3.57. The van der Waals surface area contributed by atoms with Crippen LogP contribution >= 0.6 is 23.2 Å². The van der Waals surface area contributed by atoms with Crippen LogP contribution in [0.25, 0.3) is 0 Å². The van der Waals surface area contributed by atoms with E-state index in [1.165, 1.54) is 12.1 Å². The molecule has 0 aromatic heterocycles. The molecule has 0 saturated carbocycles. The molecule has 0 aliphatic heterocycles. The molecule has 3 N–H and O–H groups in total. The smallest absolute Gasteiger partial charge is 0.157 e. The van der Waals surface area contributed by atoms with Gasteiger partial charge in [0.2, 0.25) is 0 Å². The third-order valence-electron chi connectivity index (χ3n) is 3.10. The average Bonchev–Trinajstić information content (AvgIpc) is 2.43. The summed E-state index contributed by atoms with van der Waals surface area (Å²) in [7, 11) is 0. The Kier molecular flexibility index (Phi) is 4.76. The molecule has 0 radical (unpaired) electrons. The SMILES string of the molecule is CC(NCc1ccc(O)c(O)c1)c1ccc(Cl)c(Cl)c1. The molecule has 2 rings (SSSR count). The lowest BCUT2D eigenvalue weighted by Crippen LogP contribution is -2.18. The molecule has 5 heteroatoms. The van der Waals surface area contributed by atoms with Crippen LogP contribution in [0.5, 0.6) is 11.5 Å². The molecule has 0 bridgehead atoms. The lowest BCUT2D eigenvalue weighted by molar-refractivity contribution is 0.402. The molecule has 2 aromatic carbocycles. The van der Waals surface area contributed by atoms with E-state index >= 15 is 0 Å². The van der Waals surface area contributed by atoms with Gasteiger partial charge in [-0.25, -0.2) is 0 Å². The quantitative estimate of drug-likeness (QED) is 0.740. The van der Waals surface area contributed by atoms with Crippen LogP contribution < -0.4 is 5.32 Å². The second kappa shape index (κ2) is 6.35. The molecular weight excluding hydrogens is 297 g/mol. The monoisotopic (exact) mass is 311 g/mol. The molecule has 0 spiro atoms. The van der Waals surface area contributed by atoms with Crippen LogP contribution in [0.2, 0.25) is 10.0 Å². The summed E-state index contributed by atoms with van der Waals surface area (Å²) in [6, 6.07) is 10.4. The molecule has 1 unspecified atom stereocenters. The fourth-order valence-corrected chi connectivity index (χ4v) is 2.16. The summed E-state index contributed by atoms with van der Waals surface area (Å²) in [5.74, 6) is -0.238. The first kappa shape index (κ1) is 15.0. The van der Waals surface area contributed by atoms with E-state index in [9.17, 15) is 10.2 Å². The van der Waals surface area contributed by atoms with Crippen molar-refractivity contribution in [3.63, 3.8) is 0 Å². The summed E-state index contributed by atoms with van der Waals surface area (Å²) in [5, 5.41) is 23.1. The molecule has 0 heterocycles. The summed E-state index contributed by atoms with van der Waals surface area (Å²) in [6.07, 6.45) is 0. The lowest BCUT2D eigenvalue weighted by Gasteiger charge is -2.15. The fourth-order valence-electron chi connectivity index (χ4n) is 1.85. The minimum absolute atomic E-state index is 0.0840. The summed E-state index contributed by atoms with van der Waals surface area (Å²) >= 11 is 11.9. The Morgan fingerprint density at radius 2 is 1.75 bits per heavy atom. The topological polar surface area (TPSA) is 52.5 Å². The maximum Gasteiger partial charge on any atom is 0.157 e. The Morgan fingerprint density at radius 1 is 1.00 bits per heavy atom. The van der Waals surface area contributed by atoms with Crippen molar-refractivity contribution in [3.05, 3.63) is 57.6 Å². The predicted octanol–water partition coefficient (Wildman–Crippen LogP) is 4.26. The summed E-state index contributed by atoms with van der Waals surface area (Å²) in [4.78, 5) is 0. The zero-order valence-electron chi connectivity index (χ0n) is 10.9. The highest BCUT2D eigenvalue weighted by Gasteiger charge is 2.08. The van der Waals surface area contributed by atoms with E-state index < -0.39 is 0 Å². The minimum atomic E-state index is -0.119. The van der Waals surface area contributed by atoms with Crippen LogP contribution in [0, 0.1) is 0 Å². The average molecular weight is 312 g/mol. The normalized spacial score (nSPS) is 12.3. The maximum atomic E-state index is 9.44. The first-order valence-corrected chi connectivity index (χ1v) is 6.92. The zero-order chi connectivity index (χ0) is 14.7. The van der Waals surface area contributed by atoms with Crippen LogP contribution in [0.15, 0.2) is 36.4 Å². The zero-order valence-corrected chi connectivity index (χ0v) is 12.4. The second-order valence-electron chi connectivity index (χ2n) is 4.60. The Labute approximate surface area is 127 Å². The highest BCUT2D eigenvalue weighted by molar-refractivity contribution is 6.42. The summed E-state index contributed by atoms with van der Waals surface area (Å²) in [5.41, 5.74) is 1.91. The van der Waals surface area contributed by atoms with Crippen molar-refractivity contribution in [3.8, 4) is 11.5 Å². The molecule has 3 nitrogen and oxygen atoms in total. The summed E-state index contributed by atoms with van der Waals surface area (Å²) in [6.45, 7) is 2.58. The molecule has 0 amide bonds. The number of aromatic hydroxyl groups is 2. The summed E-state index contributed by atoms with van der Waals surface area (Å²) < 4.78 is 0. The van der Waals surface area contributed by atoms with Gasteiger partial charge in [-0.2, -0.15) is 0 Å². The highest BCUT2D eigenvalue weighted by Crippen LogP contribution is 2.27. The number of hydrogen-bond acceptors (Lipinski definition) is 3. The van der Waals surface area contributed by atoms with Gasteiger partial charge in [-0.3, -0.25) is 0 Å². The Morgan fingerprint density at radius 3 is 2.40 bits per heavy atom. The van der Waals surface area contributed by atoms with E-state index in [-0.39, 0.29) is 17.5 Å². The Bertz CT molecular complexity index is 617. The van der Waals surface area contributed by atoms with E-state index in [1.807, 2.05) is 19.1 Å². The van der Waals surface area contributed by atoms with Crippen molar-refractivity contribution in [2.45, 2.75) is 19.5 Å². The highest BCUT2D eigenvalue weighted by atomic mass is 35.5. The molecule has 2 aromatic rings. The van der Waals surface area contributed by atoms with Crippen LogP contribution in [0.1, 0.15) is 24.1 Å². The largest absolute Gasteiger partial charge is 0.504 e. The third-order valence-corrected chi connectivity index (χ3v) is 3.83. The number of halogens is 2. The van der Waals surface area contributed by atoms with Crippen molar-refractivity contribution in [2.75, 3.05) is 0 Å². The number of benzene rings is 2. The molecule has 1 atom stereocenters. The van der Waals surface area contributed by atoms with Crippen molar-refractivity contribution < 1.29 is 10.2 Å². The molecule has 0 aliphatic rings. The van der Waals surface area contributed by atoms with Gasteiger partial charge in [0.05, 0.1) is 10.0 Å². The van der Waals surface area contributed by atoms with Gasteiger partial charge < -0.3 is 15.5 Å². The van der Waals surface area contributed by atoms with Gasteiger partial charge in [-0.05, 0) is 42.3 Å². The molecule has 0 saturated heterocycles. The lowest BCUT2D eigenvalue weighted by atomic mass is 10.1. The molecule has 0 fully saturated rings. The van der Waals surface area contributed by atoms with Crippen LogP contribution in [-0.4, -0.2) is 10.2 Å². The molecule has 0 aliphatic carbocycles. The standard InChI is InChI=1S/C15H15Cl2NO2/c1-9(11-3-4-12(16)13(17)7-11)18-8-10-2-5-14(19)15(20)6-10/h2-7,9,18-20H,8H2,1H3. The minimum Gasteiger partial charge on any atom is -0.504 e. The van der Waals surface area contributed by atoms with Gasteiger partial charge in [-0.1, -0.05) is 35.3 Å². The predicted molar refractivity (Wildman–Crippen MR) is 81.5 cm³/mol. The van der Waals surface area contributed by atoms with Crippen molar-refractivity contribution in [1.29, 1.82) is 0 Å². The van der Waals surface area contributed by atoms with Crippen molar-refractivity contribution in [2.24, 2.45) is 0 Å². The maximum absolute atomic E-state index is 9.44. The second-order valence-corrected chi connectivity index (χ2v) is 5.41. The van der Waals surface area contributed by atoms with E-state index in [0.29, 0.717) is 16.6 Å². The fraction of sp³-hybridized carbons (Fsp3) is 0.200. The number of nitrogens with one attached hydrogen (secondary N) is 1. The van der Waals surface area contributed by atoms with Crippen molar-refractivity contribution >= 4 is 23.2 Å². The van der Waals surface area contributed by atoms with Gasteiger partial charge in [0.25, 0.3) is 0 Å². The Balaban J connectivity index is 2.02. The van der Waals surface area contributed by atoms with Crippen LogP contribution in [-0.2, 0) is 6.54 Å². The first-order chi connectivity index (χ1) is 9.47. The molecular formula is C15H15Cl2NO2. The van der Waals surface area contributed by atoms with Gasteiger partial charge in [0, 0.05) is 12.6 Å². The molecule has 106 valence electrons. The number of rotatable bonds is 4. The van der Waals surface area contributed by atoms with Gasteiger partial charge in [-0.15, -0.1) is 0 Å². The van der Waals surface area contributed by atoms with E-state index in [2.05, 4.69) is 5.32 Å². The van der Waals surface area contributed by atoms with Crippen molar-refractivity contribution in [1.82, 2.24) is 5.32 Å².